The molecule has 2 aromatic heterocycles. The molecule has 1 aliphatic rings. The van der Waals surface area contributed by atoms with Crippen molar-refractivity contribution in [3.63, 3.8) is 0 Å². The Kier molecular flexibility index (Phi) is 6.69. The van der Waals surface area contributed by atoms with Gasteiger partial charge in [0.25, 0.3) is 0 Å². The predicted octanol–water partition coefficient (Wildman–Crippen LogP) is 6.30. The summed E-state index contributed by atoms with van der Waals surface area (Å²) < 4.78 is 46.4. The van der Waals surface area contributed by atoms with Gasteiger partial charge in [0.2, 0.25) is 0 Å². The third-order valence-electron chi connectivity index (χ3n) is 6.60. The normalized spacial score (nSPS) is 13.9. The number of esters is 1. The van der Waals surface area contributed by atoms with E-state index in [1.54, 1.807) is 6.07 Å². The lowest BCUT2D eigenvalue weighted by molar-refractivity contribution is -0.164. The van der Waals surface area contributed by atoms with Crippen LogP contribution in [-0.2, 0) is 27.2 Å². The van der Waals surface area contributed by atoms with E-state index in [1.165, 1.54) is 13.2 Å². The number of hydrogen-bond acceptors (Lipinski definition) is 5. The van der Waals surface area contributed by atoms with Crippen LogP contribution in [0.1, 0.15) is 49.3 Å². The van der Waals surface area contributed by atoms with Gasteiger partial charge >= 0.3 is 5.97 Å². The molecule has 0 saturated carbocycles. The minimum absolute atomic E-state index is 0.295. The first-order chi connectivity index (χ1) is 18.1. The number of ether oxygens (including phenoxy) is 3. The molecule has 3 heterocycles. The van der Waals surface area contributed by atoms with Gasteiger partial charge in [-0.3, -0.25) is 0 Å². The number of rotatable bonds is 6. The Balaban J connectivity index is 1.74. The lowest BCUT2D eigenvalue weighted by atomic mass is 9.91. The van der Waals surface area contributed by atoms with Gasteiger partial charge in [-0.1, -0.05) is 12.1 Å². The minimum Gasteiger partial charge on any atom is -0.493 e. The van der Waals surface area contributed by atoms with Crippen molar-refractivity contribution in [2.45, 2.75) is 52.4 Å². The van der Waals surface area contributed by atoms with Crippen molar-refractivity contribution in [3.05, 3.63) is 82.7 Å². The monoisotopic (exact) mass is 520 g/mol. The summed E-state index contributed by atoms with van der Waals surface area (Å²) in [6.45, 7) is 8.41. The van der Waals surface area contributed by atoms with E-state index in [1.807, 2.05) is 56.7 Å². The van der Waals surface area contributed by atoms with E-state index in [2.05, 4.69) is 6.07 Å². The number of nitrogens with zero attached hydrogens (tertiary/aromatic N) is 2. The number of carbonyl (C=O) groups is 1. The summed E-state index contributed by atoms with van der Waals surface area (Å²) in [5.74, 6) is -1.45. The number of methoxy groups -OCH3 is 1. The SMILES string of the molecule is COC(=O)C(OC(C)(C)C)c1c(C)nc2c(ccn2Cc2ccc(F)c(F)c2)c1-c1ccc2c(c1)CCO2. The zero-order chi connectivity index (χ0) is 27.2. The maximum Gasteiger partial charge on any atom is 0.339 e. The Morgan fingerprint density at radius 2 is 1.92 bits per heavy atom. The molecule has 4 aromatic rings. The van der Waals surface area contributed by atoms with Gasteiger partial charge in [0.1, 0.15) is 11.4 Å². The molecule has 0 amide bonds. The minimum atomic E-state index is -1.01. The summed E-state index contributed by atoms with van der Waals surface area (Å²) in [6, 6.07) is 11.8. The highest BCUT2D eigenvalue weighted by atomic mass is 19.2. The number of halogens is 2. The van der Waals surface area contributed by atoms with E-state index in [0.29, 0.717) is 35.6 Å². The highest BCUT2D eigenvalue weighted by Gasteiger charge is 2.34. The van der Waals surface area contributed by atoms with Crippen LogP contribution < -0.4 is 4.74 Å². The fourth-order valence-electron chi connectivity index (χ4n) is 4.95. The summed E-state index contributed by atoms with van der Waals surface area (Å²) in [5.41, 5.74) is 4.65. The second-order valence-corrected chi connectivity index (χ2v) is 10.5. The molecule has 0 radical (unpaired) electrons. The van der Waals surface area contributed by atoms with Crippen LogP contribution in [0.15, 0.2) is 48.7 Å². The van der Waals surface area contributed by atoms with Crippen LogP contribution in [0.5, 0.6) is 5.75 Å². The van der Waals surface area contributed by atoms with Crippen LogP contribution in [0.3, 0.4) is 0 Å². The van der Waals surface area contributed by atoms with Crippen molar-refractivity contribution in [2.24, 2.45) is 0 Å². The molecule has 38 heavy (non-hydrogen) atoms. The van der Waals surface area contributed by atoms with Crippen LogP contribution in [0.25, 0.3) is 22.2 Å². The van der Waals surface area contributed by atoms with Crippen molar-refractivity contribution in [3.8, 4) is 16.9 Å². The zero-order valence-corrected chi connectivity index (χ0v) is 22.1. The Hall–Kier alpha value is -3.78. The number of hydrogen-bond donors (Lipinski definition) is 0. The fourth-order valence-corrected chi connectivity index (χ4v) is 4.95. The smallest absolute Gasteiger partial charge is 0.339 e. The molecule has 0 aliphatic carbocycles. The van der Waals surface area contributed by atoms with E-state index in [4.69, 9.17) is 19.2 Å². The first kappa shape index (κ1) is 25.9. The summed E-state index contributed by atoms with van der Waals surface area (Å²) >= 11 is 0. The first-order valence-corrected chi connectivity index (χ1v) is 12.5. The molecule has 0 spiro atoms. The van der Waals surface area contributed by atoms with Crippen LogP contribution in [0.4, 0.5) is 8.78 Å². The first-order valence-electron chi connectivity index (χ1n) is 12.5. The van der Waals surface area contributed by atoms with Crippen molar-refractivity contribution < 1.29 is 27.8 Å². The molecule has 0 saturated heterocycles. The number of aromatic nitrogens is 2. The maximum atomic E-state index is 13.9. The molecule has 5 rings (SSSR count). The molecule has 1 atom stereocenters. The van der Waals surface area contributed by atoms with Gasteiger partial charge in [0.15, 0.2) is 17.7 Å². The standard InChI is InChI=1S/C30H30F2N2O4/c1-17-25(27(29(35)36-5)38-30(2,3)4)26(20-7-9-24-19(15-20)11-13-37-24)21-10-12-34(28(21)33-17)16-18-6-8-22(31)23(32)14-18/h6-10,12,14-15,27H,11,13,16H2,1-5H3. The largest absolute Gasteiger partial charge is 0.493 e. The predicted molar refractivity (Wildman–Crippen MR) is 140 cm³/mol. The second-order valence-electron chi connectivity index (χ2n) is 10.5. The van der Waals surface area contributed by atoms with Crippen LogP contribution in [0, 0.1) is 18.6 Å². The molecule has 2 aromatic carbocycles. The number of carbonyl (C=O) groups excluding carboxylic acids is 1. The molecule has 8 heteroatoms. The van der Waals surface area contributed by atoms with E-state index in [-0.39, 0.29) is 0 Å². The van der Waals surface area contributed by atoms with Crippen molar-refractivity contribution in [2.75, 3.05) is 13.7 Å². The van der Waals surface area contributed by atoms with Gasteiger partial charge in [-0.05, 0) is 74.7 Å². The Labute approximate surface area is 220 Å². The Morgan fingerprint density at radius 1 is 1.13 bits per heavy atom. The Morgan fingerprint density at radius 3 is 2.63 bits per heavy atom. The third kappa shape index (κ3) is 4.88. The molecule has 1 unspecified atom stereocenters. The van der Waals surface area contributed by atoms with Gasteiger partial charge < -0.3 is 18.8 Å². The van der Waals surface area contributed by atoms with Gasteiger partial charge in [-0.25, -0.2) is 18.6 Å². The van der Waals surface area contributed by atoms with Crippen molar-refractivity contribution >= 4 is 17.0 Å². The lowest BCUT2D eigenvalue weighted by Crippen LogP contribution is -2.29. The topological polar surface area (TPSA) is 62.6 Å². The molecule has 1 aliphatic heterocycles. The molecule has 0 fully saturated rings. The average molecular weight is 521 g/mol. The quantitative estimate of drug-likeness (QED) is 0.279. The fraction of sp³-hybridized carbons (Fsp3) is 0.333. The van der Waals surface area contributed by atoms with E-state index < -0.39 is 29.3 Å². The molecule has 198 valence electrons. The molecular formula is C30H30F2N2O4. The van der Waals surface area contributed by atoms with Gasteiger partial charge in [0.05, 0.1) is 19.3 Å². The van der Waals surface area contributed by atoms with Crippen molar-refractivity contribution in [1.82, 2.24) is 9.55 Å². The highest BCUT2D eigenvalue weighted by Crippen LogP contribution is 2.42. The Bertz CT molecular complexity index is 1540. The number of benzene rings is 2. The van der Waals surface area contributed by atoms with E-state index in [0.717, 1.165) is 40.3 Å². The number of fused-ring (bicyclic) bond motifs is 2. The zero-order valence-electron chi connectivity index (χ0n) is 22.1. The van der Waals surface area contributed by atoms with E-state index in [9.17, 15) is 13.6 Å². The highest BCUT2D eigenvalue weighted by molar-refractivity contribution is 5.98. The van der Waals surface area contributed by atoms with Crippen LogP contribution in [0.2, 0.25) is 0 Å². The number of pyridine rings is 1. The van der Waals surface area contributed by atoms with Crippen LogP contribution in [-0.4, -0.2) is 34.8 Å². The maximum absolute atomic E-state index is 13.9. The lowest BCUT2D eigenvalue weighted by Gasteiger charge is -2.28. The summed E-state index contributed by atoms with van der Waals surface area (Å²) in [7, 11) is 1.34. The van der Waals surface area contributed by atoms with Gasteiger partial charge in [-0.15, -0.1) is 0 Å². The molecular weight excluding hydrogens is 490 g/mol. The summed E-state index contributed by atoms with van der Waals surface area (Å²) in [4.78, 5) is 18.0. The second kappa shape index (κ2) is 9.83. The van der Waals surface area contributed by atoms with E-state index >= 15 is 0 Å². The molecule has 6 nitrogen and oxygen atoms in total. The summed E-state index contributed by atoms with van der Waals surface area (Å²) in [5, 5.41) is 0.804. The molecule has 0 N–H and O–H groups in total. The summed E-state index contributed by atoms with van der Waals surface area (Å²) in [6.07, 6.45) is 1.65. The van der Waals surface area contributed by atoms with Gasteiger partial charge in [0, 0.05) is 41.4 Å². The van der Waals surface area contributed by atoms with Crippen LogP contribution >= 0.6 is 0 Å². The average Bonchev–Trinajstić information content (AvgIpc) is 3.49. The number of aryl methyl sites for hydroxylation is 1. The van der Waals surface area contributed by atoms with Gasteiger partial charge in [-0.2, -0.15) is 0 Å². The van der Waals surface area contributed by atoms with Crippen molar-refractivity contribution in [1.29, 1.82) is 0 Å². The molecule has 0 bridgehead atoms. The third-order valence-corrected chi connectivity index (χ3v) is 6.60.